The fraction of sp³-hybridized carbons (Fsp3) is 0.455. The van der Waals surface area contributed by atoms with E-state index in [4.69, 9.17) is 4.74 Å². The number of nitrogens with zero attached hydrogens (tertiary/aromatic N) is 4. The molecule has 0 aromatic carbocycles. The van der Waals surface area contributed by atoms with Crippen LogP contribution in [-0.4, -0.2) is 64.4 Å². The topological polar surface area (TPSA) is 87.7 Å². The SMILES string of the molecule is CC(=O)N1CCC(C(=O)N2CCO[C@H](c3ccc(Nc4ccccn4)cn3)C2)CC1. The average Bonchev–Trinajstić information content (AvgIpc) is 2.80. The number of piperidine rings is 1. The lowest BCUT2D eigenvalue weighted by Crippen LogP contribution is -2.48. The van der Waals surface area contributed by atoms with Gasteiger partial charge in [0, 0.05) is 38.7 Å². The molecule has 0 spiro atoms. The van der Waals surface area contributed by atoms with Crippen LogP contribution in [0.5, 0.6) is 0 Å². The first kappa shape index (κ1) is 20.3. The van der Waals surface area contributed by atoms with Crippen LogP contribution in [0.4, 0.5) is 11.5 Å². The number of likely N-dealkylation sites (tertiary alicyclic amines) is 1. The second kappa shape index (κ2) is 9.21. The van der Waals surface area contributed by atoms with Crippen molar-refractivity contribution in [1.29, 1.82) is 0 Å². The molecule has 0 aliphatic carbocycles. The Bertz CT molecular complexity index is 866. The van der Waals surface area contributed by atoms with E-state index in [-0.39, 0.29) is 23.8 Å². The van der Waals surface area contributed by atoms with E-state index in [1.165, 1.54) is 0 Å². The zero-order valence-electron chi connectivity index (χ0n) is 17.2. The molecule has 8 nitrogen and oxygen atoms in total. The zero-order chi connectivity index (χ0) is 20.9. The molecule has 2 amide bonds. The molecule has 2 aliphatic rings. The third-order valence-electron chi connectivity index (χ3n) is 5.72. The molecule has 0 saturated carbocycles. The maximum Gasteiger partial charge on any atom is 0.225 e. The van der Waals surface area contributed by atoms with Gasteiger partial charge in [0.15, 0.2) is 0 Å². The number of rotatable bonds is 4. The molecule has 4 rings (SSSR count). The summed E-state index contributed by atoms with van der Waals surface area (Å²) in [5.74, 6) is 0.991. The maximum atomic E-state index is 13.0. The van der Waals surface area contributed by atoms with Gasteiger partial charge >= 0.3 is 0 Å². The van der Waals surface area contributed by atoms with Crippen molar-refractivity contribution in [3.05, 3.63) is 48.4 Å². The number of carbonyl (C=O) groups is 2. The van der Waals surface area contributed by atoms with Gasteiger partial charge in [-0.1, -0.05) is 6.07 Å². The Hall–Kier alpha value is -3.00. The van der Waals surface area contributed by atoms with Gasteiger partial charge in [0.1, 0.15) is 11.9 Å². The van der Waals surface area contributed by atoms with Gasteiger partial charge in [-0.05, 0) is 37.1 Å². The van der Waals surface area contributed by atoms with E-state index >= 15 is 0 Å². The number of amides is 2. The number of morpholine rings is 1. The van der Waals surface area contributed by atoms with E-state index in [0.717, 1.165) is 30.0 Å². The Morgan fingerprint density at radius 2 is 1.90 bits per heavy atom. The van der Waals surface area contributed by atoms with Crippen molar-refractivity contribution in [2.24, 2.45) is 5.92 Å². The minimum absolute atomic E-state index is 0.0164. The third-order valence-corrected chi connectivity index (χ3v) is 5.72. The summed E-state index contributed by atoms with van der Waals surface area (Å²) in [6.07, 6.45) is 4.71. The molecule has 1 atom stereocenters. The lowest BCUT2D eigenvalue weighted by Gasteiger charge is -2.37. The van der Waals surface area contributed by atoms with Crippen molar-refractivity contribution in [3.8, 4) is 0 Å². The Labute approximate surface area is 176 Å². The van der Waals surface area contributed by atoms with Crippen molar-refractivity contribution >= 4 is 23.3 Å². The number of hydrogen-bond donors (Lipinski definition) is 1. The summed E-state index contributed by atoms with van der Waals surface area (Å²) in [5, 5.41) is 3.21. The van der Waals surface area contributed by atoms with Crippen molar-refractivity contribution in [2.75, 3.05) is 38.1 Å². The molecule has 4 heterocycles. The van der Waals surface area contributed by atoms with E-state index in [1.807, 2.05) is 40.1 Å². The van der Waals surface area contributed by atoms with Crippen molar-refractivity contribution in [3.63, 3.8) is 0 Å². The number of ether oxygens (including phenoxy) is 1. The minimum atomic E-state index is -0.232. The number of pyridine rings is 2. The summed E-state index contributed by atoms with van der Waals surface area (Å²) in [5.41, 5.74) is 1.66. The normalized spacial score (nSPS) is 20.1. The van der Waals surface area contributed by atoms with Crippen LogP contribution >= 0.6 is 0 Å². The van der Waals surface area contributed by atoms with Gasteiger partial charge in [0.05, 0.1) is 30.7 Å². The first-order valence-electron chi connectivity index (χ1n) is 10.4. The van der Waals surface area contributed by atoms with Crippen LogP contribution in [0, 0.1) is 5.92 Å². The molecular formula is C22H27N5O3. The predicted molar refractivity (Wildman–Crippen MR) is 112 cm³/mol. The van der Waals surface area contributed by atoms with Crippen molar-refractivity contribution in [1.82, 2.24) is 19.8 Å². The van der Waals surface area contributed by atoms with Gasteiger partial charge in [-0.3, -0.25) is 14.6 Å². The first-order valence-corrected chi connectivity index (χ1v) is 10.4. The van der Waals surface area contributed by atoms with Gasteiger partial charge in [-0.15, -0.1) is 0 Å². The highest BCUT2D eigenvalue weighted by molar-refractivity contribution is 5.80. The summed E-state index contributed by atoms with van der Waals surface area (Å²) in [4.78, 5) is 37.0. The lowest BCUT2D eigenvalue weighted by molar-refractivity contribution is -0.146. The highest BCUT2D eigenvalue weighted by atomic mass is 16.5. The molecule has 2 aliphatic heterocycles. The molecule has 158 valence electrons. The van der Waals surface area contributed by atoms with Crippen LogP contribution in [0.15, 0.2) is 42.7 Å². The summed E-state index contributed by atoms with van der Waals surface area (Å²) >= 11 is 0. The summed E-state index contributed by atoms with van der Waals surface area (Å²) in [7, 11) is 0. The van der Waals surface area contributed by atoms with E-state index < -0.39 is 0 Å². The molecule has 8 heteroatoms. The molecule has 2 fully saturated rings. The number of carbonyl (C=O) groups excluding carboxylic acids is 2. The van der Waals surface area contributed by atoms with E-state index in [9.17, 15) is 9.59 Å². The summed E-state index contributed by atoms with van der Waals surface area (Å²) in [6.45, 7) is 4.50. The minimum Gasteiger partial charge on any atom is -0.368 e. The zero-order valence-corrected chi connectivity index (χ0v) is 17.2. The van der Waals surface area contributed by atoms with Gasteiger partial charge < -0.3 is 19.9 Å². The highest BCUT2D eigenvalue weighted by Gasteiger charge is 2.33. The van der Waals surface area contributed by atoms with Crippen molar-refractivity contribution in [2.45, 2.75) is 25.9 Å². The fourth-order valence-electron chi connectivity index (χ4n) is 3.98. The van der Waals surface area contributed by atoms with Gasteiger partial charge in [0.2, 0.25) is 11.8 Å². The number of aromatic nitrogens is 2. The van der Waals surface area contributed by atoms with E-state index in [1.54, 1.807) is 19.3 Å². The molecule has 2 aromatic rings. The summed E-state index contributed by atoms with van der Waals surface area (Å²) < 4.78 is 5.90. The van der Waals surface area contributed by atoms with Gasteiger partial charge in [0.25, 0.3) is 0 Å². The maximum absolute atomic E-state index is 13.0. The van der Waals surface area contributed by atoms with E-state index in [2.05, 4.69) is 15.3 Å². The second-order valence-corrected chi connectivity index (χ2v) is 7.74. The molecular weight excluding hydrogens is 382 g/mol. The molecule has 0 radical (unpaired) electrons. The van der Waals surface area contributed by atoms with Crippen LogP contribution in [0.25, 0.3) is 0 Å². The fourth-order valence-corrected chi connectivity index (χ4v) is 3.98. The molecule has 0 bridgehead atoms. The Morgan fingerprint density at radius 1 is 1.07 bits per heavy atom. The standard InChI is InChI=1S/C22H27N5O3/c1-16(28)26-10-7-17(8-11-26)22(29)27-12-13-30-20(15-27)19-6-5-18(14-24-19)25-21-4-2-3-9-23-21/h2-6,9,14,17,20H,7-8,10-13,15H2,1H3,(H,23,25)/t20-/m0/s1. The average molecular weight is 409 g/mol. The smallest absolute Gasteiger partial charge is 0.225 e. The van der Waals surface area contributed by atoms with Crippen LogP contribution in [-0.2, 0) is 14.3 Å². The molecule has 1 N–H and O–H groups in total. The van der Waals surface area contributed by atoms with E-state index in [0.29, 0.717) is 32.8 Å². The highest BCUT2D eigenvalue weighted by Crippen LogP contribution is 2.26. The van der Waals surface area contributed by atoms with Crippen LogP contribution in [0.3, 0.4) is 0 Å². The Balaban J connectivity index is 1.34. The second-order valence-electron chi connectivity index (χ2n) is 7.74. The Morgan fingerprint density at radius 3 is 2.57 bits per heavy atom. The molecule has 0 unspecified atom stereocenters. The number of hydrogen-bond acceptors (Lipinski definition) is 6. The molecule has 2 aromatic heterocycles. The quantitative estimate of drug-likeness (QED) is 0.834. The number of anilines is 2. The third kappa shape index (κ3) is 4.76. The van der Waals surface area contributed by atoms with Gasteiger partial charge in [-0.25, -0.2) is 4.98 Å². The van der Waals surface area contributed by atoms with Crippen molar-refractivity contribution < 1.29 is 14.3 Å². The van der Waals surface area contributed by atoms with Crippen LogP contribution in [0.1, 0.15) is 31.6 Å². The largest absolute Gasteiger partial charge is 0.368 e. The predicted octanol–water partition coefficient (Wildman–Crippen LogP) is 2.38. The Kier molecular flexibility index (Phi) is 6.23. The molecule has 2 saturated heterocycles. The lowest BCUT2D eigenvalue weighted by atomic mass is 9.94. The summed E-state index contributed by atoms with van der Waals surface area (Å²) in [6, 6.07) is 9.55. The first-order chi connectivity index (χ1) is 14.6. The monoisotopic (exact) mass is 409 g/mol. The molecule has 30 heavy (non-hydrogen) atoms. The van der Waals surface area contributed by atoms with Gasteiger partial charge in [-0.2, -0.15) is 0 Å². The number of nitrogens with one attached hydrogen (secondary N) is 1. The van der Waals surface area contributed by atoms with Crippen LogP contribution < -0.4 is 5.32 Å². The van der Waals surface area contributed by atoms with Crippen LogP contribution in [0.2, 0.25) is 0 Å².